The molecule has 0 aliphatic carbocycles. The van der Waals surface area contributed by atoms with E-state index in [1.807, 2.05) is 6.07 Å². The first kappa shape index (κ1) is 11.2. The van der Waals surface area contributed by atoms with Gasteiger partial charge >= 0.3 is 5.97 Å². The van der Waals surface area contributed by atoms with Crippen LogP contribution in [0.3, 0.4) is 0 Å². The van der Waals surface area contributed by atoms with Crippen molar-refractivity contribution in [3.05, 3.63) is 47.7 Å². The van der Waals surface area contributed by atoms with Crippen molar-refractivity contribution in [3.8, 4) is 0 Å². The van der Waals surface area contributed by atoms with Gasteiger partial charge in [0.2, 0.25) is 0 Å². The van der Waals surface area contributed by atoms with Crippen molar-refractivity contribution in [1.82, 2.24) is 0 Å². The molecule has 15 heavy (non-hydrogen) atoms. The Balaban J connectivity index is 2.77. The molecule has 0 saturated carbocycles. The summed E-state index contributed by atoms with van der Waals surface area (Å²) in [5.41, 5.74) is 0.981. The second-order valence-electron chi connectivity index (χ2n) is 3.11. The molecule has 0 radical (unpaired) electrons. The number of carbonyl (C=O) groups excluding carboxylic acids is 2. The Kier molecular flexibility index (Phi) is 3.80. The highest BCUT2D eigenvalue weighted by Gasteiger charge is 2.07. The lowest BCUT2D eigenvalue weighted by Crippen LogP contribution is -2.02. The van der Waals surface area contributed by atoms with Crippen molar-refractivity contribution in [3.63, 3.8) is 0 Å². The van der Waals surface area contributed by atoms with Gasteiger partial charge in [-0.1, -0.05) is 30.3 Å². The third-order valence-electron chi connectivity index (χ3n) is 1.80. The quantitative estimate of drug-likeness (QED) is 0.328. The standard InChI is InChI=1S/C12H12O3/c1-9(8-15-10(2)13)12(14)11-6-4-3-5-7-11/h3-8H,1-2H3/b9-8+. The predicted octanol–water partition coefficient (Wildman–Crippen LogP) is 2.34. The van der Waals surface area contributed by atoms with E-state index in [-0.39, 0.29) is 5.78 Å². The van der Waals surface area contributed by atoms with Gasteiger partial charge in [0.15, 0.2) is 5.78 Å². The van der Waals surface area contributed by atoms with Crippen molar-refractivity contribution in [1.29, 1.82) is 0 Å². The maximum atomic E-state index is 11.7. The number of carbonyl (C=O) groups is 2. The molecule has 3 nitrogen and oxygen atoms in total. The monoisotopic (exact) mass is 204 g/mol. The fourth-order valence-corrected chi connectivity index (χ4v) is 1.04. The average Bonchev–Trinajstić information content (AvgIpc) is 2.26. The Morgan fingerprint density at radius 1 is 1.13 bits per heavy atom. The van der Waals surface area contributed by atoms with Crippen LogP contribution in [0.25, 0.3) is 0 Å². The Labute approximate surface area is 88.4 Å². The second-order valence-corrected chi connectivity index (χ2v) is 3.11. The molecular weight excluding hydrogens is 192 g/mol. The number of benzene rings is 1. The van der Waals surface area contributed by atoms with Crippen LogP contribution in [-0.2, 0) is 9.53 Å². The molecular formula is C12H12O3. The number of hydrogen-bond donors (Lipinski definition) is 0. The molecule has 0 aromatic heterocycles. The second kappa shape index (κ2) is 5.10. The molecule has 1 aromatic carbocycles. The summed E-state index contributed by atoms with van der Waals surface area (Å²) in [7, 11) is 0. The van der Waals surface area contributed by atoms with E-state index in [0.717, 1.165) is 0 Å². The summed E-state index contributed by atoms with van der Waals surface area (Å²) in [5, 5.41) is 0. The highest BCUT2D eigenvalue weighted by Crippen LogP contribution is 2.07. The summed E-state index contributed by atoms with van der Waals surface area (Å²) >= 11 is 0. The summed E-state index contributed by atoms with van der Waals surface area (Å²) in [6.07, 6.45) is 1.18. The lowest BCUT2D eigenvalue weighted by Gasteiger charge is -2.00. The normalized spacial score (nSPS) is 10.9. The van der Waals surface area contributed by atoms with Crippen molar-refractivity contribution in [2.24, 2.45) is 0 Å². The van der Waals surface area contributed by atoms with Crippen LogP contribution in [0.1, 0.15) is 24.2 Å². The van der Waals surface area contributed by atoms with Crippen LogP contribution in [0.5, 0.6) is 0 Å². The smallest absolute Gasteiger partial charge is 0.307 e. The number of ketones is 1. The van der Waals surface area contributed by atoms with Gasteiger partial charge in [0.1, 0.15) is 6.26 Å². The van der Waals surface area contributed by atoms with Crippen molar-refractivity contribution in [2.45, 2.75) is 13.8 Å². The van der Waals surface area contributed by atoms with Gasteiger partial charge in [-0.3, -0.25) is 9.59 Å². The van der Waals surface area contributed by atoms with E-state index >= 15 is 0 Å². The highest BCUT2D eigenvalue weighted by atomic mass is 16.5. The first-order valence-corrected chi connectivity index (χ1v) is 4.55. The van der Waals surface area contributed by atoms with Gasteiger partial charge in [0.05, 0.1) is 0 Å². The summed E-state index contributed by atoms with van der Waals surface area (Å²) in [4.78, 5) is 22.2. The molecule has 0 amide bonds. The van der Waals surface area contributed by atoms with Gasteiger partial charge in [0, 0.05) is 18.1 Å². The van der Waals surface area contributed by atoms with Gasteiger partial charge in [-0.2, -0.15) is 0 Å². The Hall–Kier alpha value is -1.90. The van der Waals surface area contributed by atoms with E-state index < -0.39 is 5.97 Å². The number of Topliss-reactive ketones (excluding diaryl/α,β-unsaturated/α-hetero) is 1. The van der Waals surface area contributed by atoms with E-state index in [1.165, 1.54) is 13.2 Å². The number of rotatable bonds is 3. The van der Waals surface area contributed by atoms with Crippen LogP contribution in [0.2, 0.25) is 0 Å². The van der Waals surface area contributed by atoms with E-state index in [9.17, 15) is 9.59 Å². The van der Waals surface area contributed by atoms with Gasteiger partial charge in [0.25, 0.3) is 0 Å². The van der Waals surface area contributed by atoms with Gasteiger partial charge in [-0.05, 0) is 6.92 Å². The Morgan fingerprint density at radius 2 is 1.73 bits per heavy atom. The molecule has 0 bridgehead atoms. The minimum absolute atomic E-state index is 0.142. The summed E-state index contributed by atoms with van der Waals surface area (Å²) in [6.45, 7) is 2.90. The zero-order chi connectivity index (χ0) is 11.3. The van der Waals surface area contributed by atoms with E-state index in [4.69, 9.17) is 0 Å². The average molecular weight is 204 g/mol. The molecule has 0 fully saturated rings. The van der Waals surface area contributed by atoms with Crippen LogP contribution < -0.4 is 0 Å². The van der Waals surface area contributed by atoms with Gasteiger partial charge in [-0.15, -0.1) is 0 Å². The molecule has 3 heteroatoms. The zero-order valence-electron chi connectivity index (χ0n) is 8.69. The minimum atomic E-state index is -0.435. The van der Waals surface area contributed by atoms with Crippen LogP contribution in [0.4, 0.5) is 0 Å². The van der Waals surface area contributed by atoms with Crippen LogP contribution in [-0.4, -0.2) is 11.8 Å². The maximum absolute atomic E-state index is 11.7. The maximum Gasteiger partial charge on any atom is 0.307 e. The van der Waals surface area contributed by atoms with Crippen LogP contribution in [0, 0.1) is 0 Å². The van der Waals surface area contributed by atoms with E-state index in [0.29, 0.717) is 11.1 Å². The first-order chi connectivity index (χ1) is 7.11. The molecule has 0 N–H and O–H groups in total. The zero-order valence-corrected chi connectivity index (χ0v) is 8.69. The van der Waals surface area contributed by atoms with Crippen LogP contribution >= 0.6 is 0 Å². The summed E-state index contributed by atoms with van der Waals surface area (Å²) in [6, 6.07) is 8.83. The van der Waals surface area contributed by atoms with E-state index in [2.05, 4.69) is 4.74 Å². The minimum Gasteiger partial charge on any atom is -0.434 e. The molecule has 0 spiro atoms. The molecule has 0 unspecified atom stereocenters. The molecule has 1 aromatic rings. The number of allylic oxidation sites excluding steroid dienone is 1. The van der Waals surface area contributed by atoms with Gasteiger partial charge in [-0.25, -0.2) is 0 Å². The molecule has 1 rings (SSSR count). The molecule has 0 atom stereocenters. The summed E-state index contributed by atoms with van der Waals surface area (Å²) in [5.74, 6) is -0.577. The lowest BCUT2D eigenvalue weighted by atomic mass is 10.1. The number of hydrogen-bond acceptors (Lipinski definition) is 3. The fourth-order valence-electron chi connectivity index (χ4n) is 1.04. The molecule has 0 heterocycles. The number of esters is 1. The largest absolute Gasteiger partial charge is 0.434 e. The predicted molar refractivity (Wildman–Crippen MR) is 56.3 cm³/mol. The van der Waals surface area contributed by atoms with Crippen molar-refractivity contribution < 1.29 is 14.3 Å². The van der Waals surface area contributed by atoms with Gasteiger partial charge < -0.3 is 4.74 Å². The first-order valence-electron chi connectivity index (χ1n) is 4.55. The summed E-state index contributed by atoms with van der Waals surface area (Å²) < 4.78 is 4.62. The van der Waals surface area contributed by atoms with Crippen molar-refractivity contribution >= 4 is 11.8 Å². The number of ether oxygens (including phenoxy) is 1. The Morgan fingerprint density at radius 3 is 2.27 bits per heavy atom. The highest BCUT2D eigenvalue weighted by molar-refractivity contribution is 6.08. The molecule has 78 valence electrons. The third kappa shape index (κ3) is 3.38. The Bertz CT molecular complexity index is 391. The lowest BCUT2D eigenvalue weighted by molar-refractivity contribution is -0.135. The molecule has 0 saturated heterocycles. The van der Waals surface area contributed by atoms with Crippen molar-refractivity contribution in [2.75, 3.05) is 0 Å². The molecule has 0 aliphatic heterocycles. The van der Waals surface area contributed by atoms with Crippen LogP contribution in [0.15, 0.2) is 42.2 Å². The van der Waals surface area contributed by atoms with E-state index in [1.54, 1.807) is 31.2 Å². The topological polar surface area (TPSA) is 43.4 Å². The fraction of sp³-hybridized carbons (Fsp3) is 0.167. The third-order valence-corrected chi connectivity index (χ3v) is 1.80. The molecule has 0 aliphatic rings. The SMILES string of the molecule is CC(=O)O/C=C(\C)C(=O)c1ccccc1.